The summed E-state index contributed by atoms with van der Waals surface area (Å²) in [5, 5.41) is 2.93. The van der Waals surface area contributed by atoms with Gasteiger partial charge in [0.15, 0.2) is 0 Å². The van der Waals surface area contributed by atoms with E-state index in [1.165, 1.54) is 16.7 Å². The Morgan fingerprint density at radius 1 is 1.04 bits per heavy atom. The first-order valence-electron chi connectivity index (χ1n) is 8.15. The molecule has 1 amide bonds. The minimum atomic E-state index is 0.0119. The van der Waals surface area contributed by atoms with Crippen LogP contribution in [-0.4, -0.2) is 5.91 Å². The molecule has 0 bridgehead atoms. The molecule has 0 aliphatic carbocycles. The average molecular weight is 311 g/mol. The molecule has 0 saturated heterocycles. The molecule has 122 valence electrons. The van der Waals surface area contributed by atoms with E-state index in [1.54, 1.807) is 0 Å². The summed E-state index contributed by atoms with van der Waals surface area (Å²) in [5.74, 6) is 0.935. The number of benzene rings is 2. The maximum Gasteiger partial charge on any atom is 0.224 e. The number of hydrogen-bond donors (Lipinski definition) is 1. The Labute approximate surface area is 138 Å². The number of para-hydroxylation sites is 1. The summed E-state index contributed by atoms with van der Waals surface area (Å²) in [4.78, 5) is 11.6. The highest BCUT2D eigenvalue weighted by Crippen LogP contribution is 2.26. The van der Waals surface area contributed by atoms with Crippen molar-refractivity contribution in [3.05, 3.63) is 58.7 Å². The predicted molar refractivity (Wildman–Crippen MR) is 95.0 cm³/mol. The molecule has 23 heavy (non-hydrogen) atoms. The van der Waals surface area contributed by atoms with Crippen LogP contribution in [0.3, 0.4) is 0 Å². The number of ether oxygens (including phenoxy) is 1. The van der Waals surface area contributed by atoms with Crippen molar-refractivity contribution in [2.75, 3.05) is 5.32 Å². The zero-order valence-corrected chi connectivity index (χ0v) is 14.4. The van der Waals surface area contributed by atoms with Crippen molar-refractivity contribution in [2.24, 2.45) is 0 Å². The lowest BCUT2D eigenvalue weighted by atomic mass is 10.0. The molecule has 0 aliphatic heterocycles. The number of anilines is 1. The number of rotatable bonds is 6. The van der Waals surface area contributed by atoms with Gasteiger partial charge >= 0.3 is 0 Å². The summed E-state index contributed by atoms with van der Waals surface area (Å²) in [5.41, 5.74) is 5.52. The maximum atomic E-state index is 11.6. The van der Waals surface area contributed by atoms with E-state index in [0.717, 1.165) is 23.4 Å². The molecule has 0 unspecified atom stereocenters. The van der Waals surface area contributed by atoms with E-state index in [4.69, 9.17) is 4.74 Å². The van der Waals surface area contributed by atoms with Gasteiger partial charge in [0.1, 0.15) is 12.4 Å². The average Bonchev–Trinajstić information content (AvgIpc) is 2.56. The van der Waals surface area contributed by atoms with Crippen LogP contribution >= 0.6 is 0 Å². The predicted octanol–water partition coefficient (Wildman–Crippen LogP) is 4.79. The molecule has 0 aliphatic rings. The van der Waals surface area contributed by atoms with Crippen LogP contribution in [0, 0.1) is 13.8 Å². The highest BCUT2D eigenvalue weighted by molar-refractivity contribution is 5.91. The highest BCUT2D eigenvalue weighted by atomic mass is 16.5. The van der Waals surface area contributed by atoms with E-state index < -0.39 is 0 Å². The second kappa shape index (κ2) is 7.82. The third kappa shape index (κ3) is 4.35. The van der Waals surface area contributed by atoms with E-state index >= 15 is 0 Å². The van der Waals surface area contributed by atoms with Crippen molar-refractivity contribution in [3.63, 3.8) is 0 Å². The van der Waals surface area contributed by atoms with Gasteiger partial charge in [0.2, 0.25) is 5.91 Å². The Morgan fingerprint density at radius 3 is 2.43 bits per heavy atom. The third-order valence-electron chi connectivity index (χ3n) is 4.05. The molecule has 1 N–H and O–H groups in total. The SMILES string of the molecule is CCC(=O)Nc1ccccc1COc1cc(C)c(C)cc1CC. The van der Waals surface area contributed by atoms with Gasteiger partial charge in [-0.1, -0.05) is 38.1 Å². The van der Waals surface area contributed by atoms with Gasteiger partial charge in [-0.3, -0.25) is 4.79 Å². The van der Waals surface area contributed by atoms with Crippen molar-refractivity contribution in [2.45, 2.75) is 47.1 Å². The lowest BCUT2D eigenvalue weighted by Crippen LogP contribution is -2.12. The van der Waals surface area contributed by atoms with Crippen LogP contribution < -0.4 is 10.1 Å². The van der Waals surface area contributed by atoms with Gasteiger partial charge in [0.25, 0.3) is 0 Å². The van der Waals surface area contributed by atoms with E-state index in [9.17, 15) is 4.79 Å². The number of carbonyl (C=O) groups is 1. The number of amides is 1. The van der Waals surface area contributed by atoms with Crippen molar-refractivity contribution in [3.8, 4) is 5.75 Å². The topological polar surface area (TPSA) is 38.3 Å². The van der Waals surface area contributed by atoms with Crippen LogP contribution in [0.5, 0.6) is 5.75 Å². The smallest absolute Gasteiger partial charge is 0.224 e. The fraction of sp³-hybridized carbons (Fsp3) is 0.350. The zero-order chi connectivity index (χ0) is 16.8. The molecule has 0 radical (unpaired) electrons. The van der Waals surface area contributed by atoms with Crippen LogP contribution in [0.1, 0.15) is 42.5 Å². The second-order valence-corrected chi connectivity index (χ2v) is 5.75. The van der Waals surface area contributed by atoms with Crippen molar-refractivity contribution in [1.29, 1.82) is 0 Å². The van der Waals surface area contributed by atoms with Gasteiger partial charge in [-0.25, -0.2) is 0 Å². The lowest BCUT2D eigenvalue weighted by molar-refractivity contribution is -0.115. The van der Waals surface area contributed by atoms with Crippen LogP contribution in [0.2, 0.25) is 0 Å². The maximum absolute atomic E-state index is 11.6. The van der Waals surface area contributed by atoms with E-state index in [-0.39, 0.29) is 5.91 Å². The molecule has 0 fully saturated rings. The normalized spacial score (nSPS) is 10.4. The van der Waals surface area contributed by atoms with Crippen LogP contribution in [0.15, 0.2) is 36.4 Å². The quantitative estimate of drug-likeness (QED) is 0.832. The molecule has 0 atom stereocenters. The largest absolute Gasteiger partial charge is 0.489 e. The summed E-state index contributed by atoms with van der Waals surface area (Å²) < 4.78 is 6.05. The molecule has 2 aromatic carbocycles. The molecule has 3 heteroatoms. The molecule has 3 nitrogen and oxygen atoms in total. The van der Waals surface area contributed by atoms with E-state index in [2.05, 4.69) is 38.2 Å². The van der Waals surface area contributed by atoms with Crippen molar-refractivity contribution in [1.82, 2.24) is 0 Å². The second-order valence-electron chi connectivity index (χ2n) is 5.75. The molecule has 2 rings (SSSR count). The summed E-state index contributed by atoms with van der Waals surface area (Å²) in [6.07, 6.45) is 1.40. The Morgan fingerprint density at radius 2 is 1.74 bits per heavy atom. The van der Waals surface area contributed by atoms with E-state index in [0.29, 0.717) is 13.0 Å². The Hall–Kier alpha value is -2.29. The summed E-state index contributed by atoms with van der Waals surface area (Å²) in [6.45, 7) is 8.63. The lowest BCUT2D eigenvalue weighted by Gasteiger charge is -2.15. The van der Waals surface area contributed by atoms with Crippen molar-refractivity contribution >= 4 is 11.6 Å². The first-order chi connectivity index (χ1) is 11.0. The van der Waals surface area contributed by atoms with Crippen LogP contribution in [0.25, 0.3) is 0 Å². The summed E-state index contributed by atoms with van der Waals surface area (Å²) >= 11 is 0. The standard InChI is InChI=1S/C20H25NO2/c1-5-16-11-14(3)15(4)12-19(16)23-13-17-9-7-8-10-18(17)21-20(22)6-2/h7-12H,5-6,13H2,1-4H3,(H,21,22). The minimum Gasteiger partial charge on any atom is -0.489 e. The molecule has 2 aromatic rings. The fourth-order valence-corrected chi connectivity index (χ4v) is 2.42. The first-order valence-corrected chi connectivity index (χ1v) is 8.15. The molecule has 0 heterocycles. The molecule has 0 aromatic heterocycles. The summed E-state index contributed by atoms with van der Waals surface area (Å²) in [7, 11) is 0. The van der Waals surface area contributed by atoms with Crippen LogP contribution in [0.4, 0.5) is 5.69 Å². The molecular formula is C20H25NO2. The van der Waals surface area contributed by atoms with Crippen molar-refractivity contribution < 1.29 is 9.53 Å². The Bertz CT molecular complexity index is 692. The number of hydrogen-bond acceptors (Lipinski definition) is 2. The fourth-order valence-electron chi connectivity index (χ4n) is 2.42. The van der Waals surface area contributed by atoms with Gasteiger partial charge in [-0.2, -0.15) is 0 Å². The molecule has 0 saturated carbocycles. The summed E-state index contributed by atoms with van der Waals surface area (Å²) in [6, 6.07) is 12.1. The zero-order valence-electron chi connectivity index (χ0n) is 14.4. The molecular weight excluding hydrogens is 286 g/mol. The van der Waals surface area contributed by atoms with Gasteiger partial charge in [0.05, 0.1) is 0 Å². The third-order valence-corrected chi connectivity index (χ3v) is 4.05. The van der Waals surface area contributed by atoms with E-state index in [1.807, 2.05) is 31.2 Å². The first kappa shape index (κ1) is 17.1. The van der Waals surface area contributed by atoms with Gasteiger partial charge < -0.3 is 10.1 Å². The monoisotopic (exact) mass is 311 g/mol. The Kier molecular flexibility index (Phi) is 5.80. The number of carbonyl (C=O) groups excluding carboxylic acids is 1. The van der Waals surface area contributed by atoms with Gasteiger partial charge in [-0.05, 0) is 49.1 Å². The highest BCUT2D eigenvalue weighted by Gasteiger charge is 2.09. The van der Waals surface area contributed by atoms with Gasteiger partial charge in [0, 0.05) is 17.7 Å². The van der Waals surface area contributed by atoms with Crippen LogP contribution in [-0.2, 0) is 17.8 Å². The molecule has 0 spiro atoms. The number of aryl methyl sites for hydroxylation is 3. The number of nitrogens with one attached hydrogen (secondary N) is 1. The van der Waals surface area contributed by atoms with Gasteiger partial charge in [-0.15, -0.1) is 0 Å². The Balaban J connectivity index is 2.18. The minimum absolute atomic E-state index is 0.0119.